The van der Waals surface area contributed by atoms with E-state index in [2.05, 4.69) is 36.3 Å². The summed E-state index contributed by atoms with van der Waals surface area (Å²) >= 11 is 0. The van der Waals surface area contributed by atoms with Crippen molar-refractivity contribution in [1.82, 2.24) is 15.5 Å². The number of carbonyl (C=O) groups is 1. The van der Waals surface area contributed by atoms with Gasteiger partial charge >= 0.3 is 0 Å². The van der Waals surface area contributed by atoms with Gasteiger partial charge in [0.15, 0.2) is 0 Å². The zero-order valence-electron chi connectivity index (χ0n) is 15.7. The molecule has 5 nitrogen and oxygen atoms in total. The van der Waals surface area contributed by atoms with Crippen LogP contribution >= 0.6 is 0 Å². The summed E-state index contributed by atoms with van der Waals surface area (Å²) in [5.74, 6) is 1.58. The van der Waals surface area contributed by atoms with E-state index in [1.165, 1.54) is 19.3 Å². The molecule has 3 fully saturated rings. The molecule has 1 amide bonds. The Morgan fingerprint density at radius 1 is 1.17 bits per heavy atom. The minimum atomic E-state index is -0.0392. The molecule has 2 saturated carbocycles. The van der Waals surface area contributed by atoms with E-state index in [1.807, 2.05) is 0 Å². The molecule has 3 rings (SSSR count). The second kappa shape index (κ2) is 7.30. The molecule has 0 spiro atoms. The van der Waals surface area contributed by atoms with Gasteiger partial charge < -0.3 is 15.4 Å². The van der Waals surface area contributed by atoms with Crippen LogP contribution in [-0.2, 0) is 9.53 Å². The van der Waals surface area contributed by atoms with Crippen LogP contribution in [-0.4, -0.2) is 62.3 Å². The van der Waals surface area contributed by atoms with Gasteiger partial charge in [0, 0.05) is 18.6 Å². The quantitative estimate of drug-likeness (QED) is 0.694. The summed E-state index contributed by atoms with van der Waals surface area (Å²) in [6.45, 7) is 13.2. The topological polar surface area (TPSA) is 53.6 Å². The Morgan fingerprint density at radius 3 is 2.54 bits per heavy atom. The van der Waals surface area contributed by atoms with E-state index >= 15 is 0 Å². The summed E-state index contributed by atoms with van der Waals surface area (Å²) < 4.78 is 5.36. The first-order valence-electron chi connectivity index (χ1n) is 9.75. The highest BCUT2D eigenvalue weighted by molar-refractivity contribution is 5.79. The molecule has 0 radical (unpaired) electrons. The predicted octanol–water partition coefficient (Wildman–Crippen LogP) is 1.63. The SMILES string of the molecule is CC1(C)[C@H]2CC[C@@H](C2)[C@@]1(C)NC(=O)CNCCCN1CCOCC1. The molecule has 2 N–H and O–H groups in total. The summed E-state index contributed by atoms with van der Waals surface area (Å²) in [7, 11) is 0. The highest BCUT2D eigenvalue weighted by Gasteiger charge is 2.60. The minimum Gasteiger partial charge on any atom is -0.379 e. The zero-order chi connectivity index (χ0) is 17.2. The second-order valence-electron chi connectivity index (χ2n) is 8.66. The molecule has 138 valence electrons. The Kier molecular flexibility index (Phi) is 5.52. The van der Waals surface area contributed by atoms with Crippen molar-refractivity contribution in [3.63, 3.8) is 0 Å². The van der Waals surface area contributed by atoms with Gasteiger partial charge in [0.25, 0.3) is 0 Å². The lowest BCUT2D eigenvalue weighted by atomic mass is 9.64. The number of nitrogens with zero attached hydrogens (tertiary/aromatic N) is 1. The third kappa shape index (κ3) is 3.49. The Morgan fingerprint density at radius 2 is 1.88 bits per heavy atom. The summed E-state index contributed by atoms with van der Waals surface area (Å²) in [6.07, 6.45) is 4.98. The molecule has 0 aromatic carbocycles. The number of amides is 1. The van der Waals surface area contributed by atoms with Gasteiger partial charge in [0.2, 0.25) is 5.91 Å². The van der Waals surface area contributed by atoms with Crippen LogP contribution in [0.5, 0.6) is 0 Å². The highest BCUT2D eigenvalue weighted by Crippen LogP contribution is 2.61. The number of rotatable bonds is 7. The van der Waals surface area contributed by atoms with Gasteiger partial charge in [0.05, 0.1) is 19.8 Å². The lowest BCUT2D eigenvalue weighted by Crippen LogP contribution is -2.60. The van der Waals surface area contributed by atoms with E-state index in [0.29, 0.717) is 12.5 Å². The van der Waals surface area contributed by atoms with Crippen LogP contribution in [0.4, 0.5) is 0 Å². The molecular formula is C19H35N3O2. The Hall–Kier alpha value is -0.650. The van der Waals surface area contributed by atoms with Crippen LogP contribution < -0.4 is 10.6 Å². The van der Waals surface area contributed by atoms with Crippen molar-refractivity contribution in [2.45, 2.75) is 52.0 Å². The number of nitrogens with one attached hydrogen (secondary N) is 2. The molecule has 24 heavy (non-hydrogen) atoms. The van der Waals surface area contributed by atoms with Crippen LogP contribution in [0, 0.1) is 17.3 Å². The maximum absolute atomic E-state index is 12.4. The summed E-state index contributed by atoms with van der Waals surface area (Å²) in [6, 6.07) is 0. The first kappa shape index (κ1) is 18.2. The minimum absolute atomic E-state index is 0.0392. The number of hydrogen-bond acceptors (Lipinski definition) is 4. The molecule has 2 aliphatic carbocycles. The van der Waals surface area contributed by atoms with Crippen LogP contribution in [0.25, 0.3) is 0 Å². The maximum Gasteiger partial charge on any atom is 0.234 e. The lowest BCUT2D eigenvalue weighted by Gasteiger charge is -2.48. The third-order valence-corrected chi connectivity index (χ3v) is 7.22. The Bertz CT molecular complexity index is 448. The third-order valence-electron chi connectivity index (χ3n) is 7.22. The fourth-order valence-corrected chi connectivity index (χ4v) is 5.16. The average molecular weight is 338 g/mol. The van der Waals surface area contributed by atoms with Gasteiger partial charge in [-0.3, -0.25) is 9.69 Å². The van der Waals surface area contributed by atoms with Crippen LogP contribution in [0.15, 0.2) is 0 Å². The van der Waals surface area contributed by atoms with Crippen molar-refractivity contribution >= 4 is 5.91 Å². The number of ether oxygens (including phenoxy) is 1. The summed E-state index contributed by atoms with van der Waals surface area (Å²) in [4.78, 5) is 14.9. The van der Waals surface area contributed by atoms with Gasteiger partial charge in [0.1, 0.15) is 0 Å². The molecule has 3 aliphatic rings. The zero-order valence-corrected chi connectivity index (χ0v) is 15.7. The van der Waals surface area contributed by atoms with Crippen molar-refractivity contribution in [3.05, 3.63) is 0 Å². The van der Waals surface area contributed by atoms with Crippen molar-refractivity contribution in [2.75, 3.05) is 45.9 Å². The summed E-state index contributed by atoms with van der Waals surface area (Å²) in [5, 5.41) is 6.71. The molecule has 0 aromatic heterocycles. The number of hydrogen-bond donors (Lipinski definition) is 2. The van der Waals surface area contributed by atoms with Crippen molar-refractivity contribution in [3.8, 4) is 0 Å². The first-order chi connectivity index (χ1) is 11.4. The smallest absolute Gasteiger partial charge is 0.234 e. The number of morpholine rings is 1. The normalized spacial score (nSPS) is 35.3. The van der Waals surface area contributed by atoms with E-state index in [4.69, 9.17) is 4.74 Å². The molecule has 0 unspecified atom stereocenters. The van der Waals surface area contributed by atoms with Crippen LogP contribution in [0.3, 0.4) is 0 Å². The van der Waals surface area contributed by atoms with Gasteiger partial charge in [-0.15, -0.1) is 0 Å². The fraction of sp³-hybridized carbons (Fsp3) is 0.947. The fourth-order valence-electron chi connectivity index (χ4n) is 5.16. The average Bonchev–Trinajstić information content (AvgIpc) is 3.11. The molecule has 1 saturated heterocycles. The predicted molar refractivity (Wildman–Crippen MR) is 95.9 cm³/mol. The molecule has 0 aromatic rings. The van der Waals surface area contributed by atoms with E-state index in [-0.39, 0.29) is 16.9 Å². The van der Waals surface area contributed by atoms with Crippen LogP contribution in [0.2, 0.25) is 0 Å². The highest BCUT2D eigenvalue weighted by atomic mass is 16.5. The van der Waals surface area contributed by atoms with Gasteiger partial charge in [-0.2, -0.15) is 0 Å². The molecular weight excluding hydrogens is 302 g/mol. The summed E-state index contributed by atoms with van der Waals surface area (Å²) in [5.41, 5.74) is 0.171. The Balaban J connectivity index is 1.35. The van der Waals surface area contributed by atoms with E-state index < -0.39 is 0 Å². The molecule has 3 atom stereocenters. The molecule has 1 aliphatic heterocycles. The van der Waals surface area contributed by atoms with Crippen molar-refractivity contribution in [2.24, 2.45) is 17.3 Å². The molecule has 2 bridgehead atoms. The van der Waals surface area contributed by atoms with E-state index in [9.17, 15) is 4.79 Å². The number of fused-ring (bicyclic) bond motifs is 2. The van der Waals surface area contributed by atoms with Crippen LogP contribution in [0.1, 0.15) is 46.5 Å². The maximum atomic E-state index is 12.4. The van der Waals surface area contributed by atoms with E-state index in [0.717, 1.165) is 51.7 Å². The Labute approximate surface area is 146 Å². The largest absolute Gasteiger partial charge is 0.379 e. The standard InChI is InChI=1S/C19H35N3O2/c1-18(2)15-5-6-16(13-15)19(18,3)21-17(23)14-20-7-4-8-22-9-11-24-12-10-22/h15-16,20H,4-14H2,1-3H3,(H,21,23)/t15-,16-,19+/m0/s1. The first-order valence-corrected chi connectivity index (χ1v) is 9.75. The number of carbonyl (C=O) groups excluding carboxylic acids is 1. The molecule has 5 heteroatoms. The van der Waals surface area contributed by atoms with Gasteiger partial charge in [-0.1, -0.05) is 13.8 Å². The van der Waals surface area contributed by atoms with Gasteiger partial charge in [-0.05, 0) is 62.9 Å². The van der Waals surface area contributed by atoms with E-state index in [1.54, 1.807) is 0 Å². The van der Waals surface area contributed by atoms with Gasteiger partial charge in [-0.25, -0.2) is 0 Å². The monoisotopic (exact) mass is 337 g/mol. The van der Waals surface area contributed by atoms with Crippen molar-refractivity contribution < 1.29 is 9.53 Å². The second-order valence-corrected chi connectivity index (χ2v) is 8.66. The molecule has 1 heterocycles. The lowest BCUT2D eigenvalue weighted by molar-refractivity contribution is -0.124. The van der Waals surface area contributed by atoms with Crippen molar-refractivity contribution in [1.29, 1.82) is 0 Å².